The highest BCUT2D eigenvalue weighted by Crippen LogP contribution is 2.28. The van der Waals surface area contributed by atoms with Crippen LogP contribution in [0.4, 0.5) is 0 Å². The summed E-state index contributed by atoms with van der Waals surface area (Å²) in [6.07, 6.45) is 8.91. The zero-order chi connectivity index (χ0) is 12.0. The molecule has 2 nitrogen and oxygen atoms in total. The van der Waals surface area contributed by atoms with Crippen LogP contribution in [0.1, 0.15) is 31.2 Å². The Morgan fingerprint density at radius 1 is 1.18 bits per heavy atom. The van der Waals surface area contributed by atoms with Crippen molar-refractivity contribution in [3.63, 3.8) is 0 Å². The lowest BCUT2D eigenvalue weighted by molar-refractivity contribution is 0.168. The Balaban J connectivity index is 1.81. The zero-order valence-electron chi connectivity index (χ0n) is 10.2. The first kappa shape index (κ1) is 12.3. The number of benzene rings is 1. The summed E-state index contributed by atoms with van der Waals surface area (Å²) in [5.74, 6) is 0. The third-order valence-corrected chi connectivity index (χ3v) is 3.57. The smallest absolute Gasteiger partial charge is 0.0613 e. The van der Waals surface area contributed by atoms with Gasteiger partial charge in [0.15, 0.2) is 0 Å². The summed E-state index contributed by atoms with van der Waals surface area (Å²) in [7, 11) is 0. The van der Waals surface area contributed by atoms with Gasteiger partial charge in [-0.15, -0.1) is 0 Å². The molecule has 0 atom stereocenters. The van der Waals surface area contributed by atoms with Gasteiger partial charge < -0.3 is 10.4 Å². The Morgan fingerprint density at radius 2 is 1.88 bits per heavy atom. The van der Waals surface area contributed by atoms with E-state index in [2.05, 4.69) is 29.6 Å². The molecule has 1 aromatic rings. The largest absolute Gasteiger partial charge is 0.394 e. The minimum atomic E-state index is -0.0129. The topological polar surface area (TPSA) is 32.3 Å². The molecule has 1 fully saturated rings. The summed E-state index contributed by atoms with van der Waals surface area (Å²) < 4.78 is 0. The van der Waals surface area contributed by atoms with Crippen molar-refractivity contribution in [2.75, 3.05) is 13.2 Å². The standard InChI is InChI=1S/C15H21NO/c17-13-15(10-4-5-11-15)16-12-6-9-14-7-2-1-3-8-14/h1-3,6-9,16-17H,4-5,10-13H2. The van der Waals surface area contributed by atoms with Gasteiger partial charge in [-0.2, -0.15) is 0 Å². The highest BCUT2D eigenvalue weighted by molar-refractivity contribution is 5.48. The van der Waals surface area contributed by atoms with Crippen LogP contribution in [-0.4, -0.2) is 23.8 Å². The van der Waals surface area contributed by atoms with E-state index >= 15 is 0 Å². The van der Waals surface area contributed by atoms with E-state index < -0.39 is 0 Å². The molecule has 92 valence electrons. The zero-order valence-corrected chi connectivity index (χ0v) is 10.2. The van der Waals surface area contributed by atoms with Crippen LogP contribution in [-0.2, 0) is 0 Å². The molecular weight excluding hydrogens is 210 g/mol. The molecule has 1 aliphatic carbocycles. The van der Waals surface area contributed by atoms with Gasteiger partial charge in [0.25, 0.3) is 0 Å². The summed E-state index contributed by atoms with van der Waals surface area (Å²) in [5, 5.41) is 12.9. The lowest BCUT2D eigenvalue weighted by Crippen LogP contribution is -2.46. The van der Waals surface area contributed by atoms with E-state index in [9.17, 15) is 5.11 Å². The Labute approximate surface area is 103 Å². The summed E-state index contributed by atoms with van der Waals surface area (Å²) >= 11 is 0. The number of hydrogen-bond donors (Lipinski definition) is 2. The Bertz CT molecular complexity index is 352. The first-order valence-corrected chi connectivity index (χ1v) is 6.42. The average Bonchev–Trinajstić information content (AvgIpc) is 2.85. The SMILES string of the molecule is OCC1(NCC=Cc2ccccc2)CCCC1. The van der Waals surface area contributed by atoms with Gasteiger partial charge in [-0.25, -0.2) is 0 Å². The van der Waals surface area contributed by atoms with Gasteiger partial charge in [0.05, 0.1) is 6.61 Å². The molecule has 1 aromatic carbocycles. The molecule has 0 radical (unpaired) electrons. The molecule has 0 aromatic heterocycles. The molecule has 0 unspecified atom stereocenters. The molecule has 2 N–H and O–H groups in total. The summed E-state index contributed by atoms with van der Waals surface area (Å²) in [6.45, 7) is 1.08. The molecule has 0 amide bonds. The van der Waals surface area contributed by atoms with Crippen LogP contribution in [0.3, 0.4) is 0 Å². The van der Waals surface area contributed by atoms with Gasteiger partial charge in [0.2, 0.25) is 0 Å². The van der Waals surface area contributed by atoms with Crippen LogP contribution in [0.5, 0.6) is 0 Å². The van der Waals surface area contributed by atoms with Crippen molar-refractivity contribution in [2.24, 2.45) is 0 Å². The van der Waals surface area contributed by atoms with Crippen molar-refractivity contribution >= 4 is 6.08 Å². The molecule has 2 rings (SSSR count). The van der Waals surface area contributed by atoms with Gasteiger partial charge in [-0.1, -0.05) is 55.3 Å². The summed E-state index contributed by atoms with van der Waals surface area (Å²) in [6, 6.07) is 10.3. The van der Waals surface area contributed by atoms with E-state index in [0.717, 1.165) is 19.4 Å². The second-order valence-electron chi connectivity index (χ2n) is 4.84. The molecule has 0 heterocycles. The second-order valence-corrected chi connectivity index (χ2v) is 4.84. The van der Waals surface area contributed by atoms with Gasteiger partial charge in [0, 0.05) is 12.1 Å². The van der Waals surface area contributed by atoms with E-state index in [1.165, 1.54) is 18.4 Å². The minimum Gasteiger partial charge on any atom is -0.394 e. The lowest BCUT2D eigenvalue weighted by Gasteiger charge is -2.27. The second kappa shape index (κ2) is 5.99. The van der Waals surface area contributed by atoms with Gasteiger partial charge in [0.1, 0.15) is 0 Å². The van der Waals surface area contributed by atoms with Crippen LogP contribution in [0.25, 0.3) is 6.08 Å². The van der Waals surface area contributed by atoms with E-state index in [4.69, 9.17) is 0 Å². The average molecular weight is 231 g/mol. The third kappa shape index (κ3) is 3.42. The van der Waals surface area contributed by atoms with Crippen molar-refractivity contribution in [1.29, 1.82) is 0 Å². The van der Waals surface area contributed by atoms with Crippen molar-refractivity contribution in [3.05, 3.63) is 42.0 Å². The highest BCUT2D eigenvalue weighted by atomic mass is 16.3. The van der Waals surface area contributed by atoms with Crippen molar-refractivity contribution < 1.29 is 5.11 Å². The molecule has 17 heavy (non-hydrogen) atoms. The number of aliphatic hydroxyl groups excluding tert-OH is 1. The predicted molar refractivity (Wildman–Crippen MR) is 71.8 cm³/mol. The quantitative estimate of drug-likeness (QED) is 0.816. The fourth-order valence-electron chi connectivity index (χ4n) is 2.48. The number of hydrogen-bond acceptors (Lipinski definition) is 2. The molecule has 0 spiro atoms. The Hall–Kier alpha value is -1.12. The number of aliphatic hydroxyl groups is 1. The van der Waals surface area contributed by atoms with Crippen LogP contribution < -0.4 is 5.32 Å². The Morgan fingerprint density at radius 3 is 2.53 bits per heavy atom. The van der Waals surface area contributed by atoms with Crippen molar-refractivity contribution in [1.82, 2.24) is 5.32 Å². The molecule has 1 saturated carbocycles. The van der Waals surface area contributed by atoms with Crippen molar-refractivity contribution in [2.45, 2.75) is 31.2 Å². The first-order chi connectivity index (χ1) is 8.35. The van der Waals surface area contributed by atoms with Gasteiger partial charge in [-0.05, 0) is 18.4 Å². The van der Waals surface area contributed by atoms with Gasteiger partial charge >= 0.3 is 0 Å². The molecule has 2 heteroatoms. The maximum absolute atomic E-state index is 9.45. The van der Waals surface area contributed by atoms with E-state index in [0.29, 0.717) is 0 Å². The predicted octanol–water partition coefficient (Wildman–Crippen LogP) is 2.59. The third-order valence-electron chi connectivity index (χ3n) is 3.57. The van der Waals surface area contributed by atoms with E-state index in [1.54, 1.807) is 0 Å². The monoisotopic (exact) mass is 231 g/mol. The maximum Gasteiger partial charge on any atom is 0.0613 e. The summed E-state index contributed by atoms with van der Waals surface area (Å²) in [5.41, 5.74) is 1.21. The number of rotatable bonds is 5. The lowest BCUT2D eigenvalue weighted by atomic mass is 9.99. The molecular formula is C15H21NO. The van der Waals surface area contributed by atoms with Crippen LogP contribution >= 0.6 is 0 Å². The number of nitrogens with one attached hydrogen (secondary N) is 1. The van der Waals surface area contributed by atoms with Gasteiger partial charge in [-0.3, -0.25) is 0 Å². The maximum atomic E-state index is 9.45. The molecule has 0 saturated heterocycles. The first-order valence-electron chi connectivity index (χ1n) is 6.42. The van der Waals surface area contributed by atoms with Crippen LogP contribution in [0.2, 0.25) is 0 Å². The van der Waals surface area contributed by atoms with Crippen LogP contribution in [0.15, 0.2) is 36.4 Å². The Kier molecular flexibility index (Phi) is 4.35. The highest BCUT2D eigenvalue weighted by Gasteiger charge is 2.31. The van der Waals surface area contributed by atoms with Crippen molar-refractivity contribution in [3.8, 4) is 0 Å². The normalized spacial score (nSPS) is 18.9. The van der Waals surface area contributed by atoms with Crippen LogP contribution in [0, 0.1) is 0 Å². The molecule has 0 bridgehead atoms. The fourth-order valence-corrected chi connectivity index (χ4v) is 2.48. The minimum absolute atomic E-state index is 0.0129. The summed E-state index contributed by atoms with van der Waals surface area (Å²) in [4.78, 5) is 0. The molecule has 1 aliphatic rings. The molecule has 0 aliphatic heterocycles. The van der Waals surface area contributed by atoms with E-state index in [-0.39, 0.29) is 12.1 Å². The fraction of sp³-hybridized carbons (Fsp3) is 0.467. The van der Waals surface area contributed by atoms with E-state index in [1.807, 2.05) is 18.2 Å².